The molecule has 0 fully saturated rings. The minimum Gasteiger partial charge on any atom is -0.462 e. The van der Waals surface area contributed by atoms with Gasteiger partial charge >= 0.3 is 39.5 Å². The zero-order valence-corrected chi connectivity index (χ0v) is 54.2. The lowest BCUT2D eigenvalue weighted by Gasteiger charge is -2.21. The third kappa shape index (κ3) is 54.5. The van der Waals surface area contributed by atoms with E-state index in [4.69, 9.17) is 37.0 Å². The lowest BCUT2D eigenvalue weighted by Crippen LogP contribution is -2.30. The predicted molar refractivity (Wildman–Crippen MR) is 321 cm³/mol. The molecule has 0 rings (SSSR count). The van der Waals surface area contributed by atoms with Crippen LogP contribution in [0.2, 0.25) is 0 Å². The largest absolute Gasteiger partial charge is 0.472 e. The molecule has 0 radical (unpaired) electrons. The summed E-state index contributed by atoms with van der Waals surface area (Å²) in [6.45, 7) is 13.9. The summed E-state index contributed by atoms with van der Waals surface area (Å²) in [5.74, 6) is 0.729. The highest BCUT2D eigenvalue weighted by atomic mass is 31.2. The highest BCUT2D eigenvalue weighted by Gasteiger charge is 2.30. The van der Waals surface area contributed by atoms with Crippen LogP contribution < -0.4 is 0 Å². The van der Waals surface area contributed by atoms with E-state index in [1.165, 1.54) is 83.5 Å². The Morgan fingerprint density at radius 2 is 0.593 bits per heavy atom. The number of phosphoric acid groups is 2. The maximum atomic E-state index is 12.9. The number of hydrogen-bond donors (Lipinski definition) is 3. The maximum absolute atomic E-state index is 12.9. The van der Waals surface area contributed by atoms with Gasteiger partial charge in [-0.3, -0.25) is 37.3 Å². The molecule has 0 bridgehead atoms. The molecule has 17 nitrogen and oxygen atoms in total. The van der Waals surface area contributed by atoms with Crippen molar-refractivity contribution in [1.82, 2.24) is 0 Å². The van der Waals surface area contributed by atoms with Crippen LogP contribution in [0.5, 0.6) is 0 Å². The third-order valence-corrected chi connectivity index (χ3v) is 16.7. The van der Waals surface area contributed by atoms with Crippen LogP contribution >= 0.6 is 15.6 Å². The monoisotopic (exact) mass is 1200 g/mol. The number of carbonyl (C=O) groups excluding carboxylic acids is 4. The average molecular weight is 1200 g/mol. The molecule has 3 N–H and O–H groups in total. The number of hydrogen-bond acceptors (Lipinski definition) is 15. The summed E-state index contributed by atoms with van der Waals surface area (Å²) >= 11 is 0. The number of aliphatic hydroxyl groups excluding tert-OH is 1. The summed E-state index contributed by atoms with van der Waals surface area (Å²) < 4.78 is 67.9. The highest BCUT2D eigenvalue weighted by molar-refractivity contribution is 7.47. The molecule has 7 atom stereocenters. The Bertz CT molecular complexity index is 1630. The molecule has 0 spiro atoms. The summed E-state index contributed by atoms with van der Waals surface area (Å²) in [5, 5.41) is 10.5. The average Bonchev–Trinajstić information content (AvgIpc) is 3.42. The van der Waals surface area contributed by atoms with E-state index < -0.39 is 97.5 Å². The lowest BCUT2D eigenvalue weighted by molar-refractivity contribution is -0.161. The Kier molecular flexibility index (Phi) is 51.1. The highest BCUT2D eigenvalue weighted by Crippen LogP contribution is 2.45. The molecule has 0 saturated carbocycles. The van der Waals surface area contributed by atoms with Gasteiger partial charge in [0, 0.05) is 25.7 Å². The van der Waals surface area contributed by atoms with Gasteiger partial charge in [-0.15, -0.1) is 0 Å². The molecule has 0 aromatic rings. The number of esters is 4. The SMILES string of the molecule is CCC(C)CCCCCCCCCCC(=O)O[C@H](COC(=O)CCCCCCCCC(C)CC)COP(=O)(O)OC[C@H](O)COP(=O)(O)OC[C@@H](COC(=O)CCCCCCCCC(C)C)OC(=O)CCCCCCCCCC(C)C. The molecule has 4 unspecified atom stereocenters. The van der Waals surface area contributed by atoms with Crippen molar-refractivity contribution in [3.8, 4) is 0 Å². The second kappa shape index (κ2) is 52.4. The van der Waals surface area contributed by atoms with Crippen LogP contribution in [0.25, 0.3) is 0 Å². The van der Waals surface area contributed by atoms with E-state index in [-0.39, 0.29) is 25.7 Å². The summed E-state index contributed by atoms with van der Waals surface area (Å²) in [4.78, 5) is 72.1. The van der Waals surface area contributed by atoms with Crippen LogP contribution in [-0.2, 0) is 65.4 Å². The molecule has 19 heteroatoms. The first-order chi connectivity index (χ1) is 38.7. The predicted octanol–water partition coefficient (Wildman–Crippen LogP) is 16.6. The van der Waals surface area contributed by atoms with Crippen molar-refractivity contribution in [3.63, 3.8) is 0 Å². The molecular weight excluding hydrogens is 1080 g/mol. The number of ether oxygens (including phenoxy) is 4. The normalized spacial score (nSPS) is 15.2. The molecule has 81 heavy (non-hydrogen) atoms. The van der Waals surface area contributed by atoms with E-state index in [9.17, 15) is 43.2 Å². The van der Waals surface area contributed by atoms with Gasteiger partial charge in [0.15, 0.2) is 12.2 Å². The number of carbonyl (C=O) groups is 4. The minimum absolute atomic E-state index is 0.101. The number of aliphatic hydroxyl groups is 1. The van der Waals surface area contributed by atoms with Crippen LogP contribution in [-0.4, -0.2) is 96.7 Å². The number of phosphoric ester groups is 2. The fourth-order valence-electron chi connectivity index (χ4n) is 9.01. The fourth-order valence-corrected chi connectivity index (χ4v) is 10.6. The Morgan fingerprint density at radius 1 is 0.346 bits per heavy atom. The van der Waals surface area contributed by atoms with Gasteiger partial charge < -0.3 is 33.8 Å². The van der Waals surface area contributed by atoms with Gasteiger partial charge in [-0.05, 0) is 49.4 Å². The minimum atomic E-state index is -4.94. The van der Waals surface area contributed by atoms with E-state index in [2.05, 4.69) is 55.4 Å². The van der Waals surface area contributed by atoms with Crippen molar-refractivity contribution < 1.29 is 80.2 Å². The van der Waals surface area contributed by atoms with Crippen molar-refractivity contribution in [3.05, 3.63) is 0 Å². The van der Waals surface area contributed by atoms with E-state index in [0.717, 1.165) is 115 Å². The molecule has 0 aromatic carbocycles. The second-order valence-corrected chi connectivity index (χ2v) is 26.8. The van der Waals surface area contributed by atoms with Gasteiger partial charge in [0.2, 0.25) is 0 Å². The maximum Gasteiger partial charge on any atom is 0.472 e. The molecule has 0 aromatic heterocycles. The summed E-state index contributed by atoms with van der Waals surface area (Å²) in [5.41, 5.74) is 0. The van der Waals surface area contributed by atoms with Gasteiger partial charge in [0.25, 0.3) is 0 Å². The van der Waals surface area contributed by atoms with E-state index in [1.54, 1.807) is 0 Å². The van der Waals surface area contributed by atoms with Crippen molar-refractivity contribution in [2.24, 2.45) is 23.7 Å². The standard InChI is InChI=1S/C62H120O17P2/c1-9-54(7)40-32-24-15-11-12-16-28-36-44-61(66)78-57(49-73-60(65)43-35-27-21-19-25-33-41-55(8)10-2)50-76-80(68,69)74-46-56(63)47-75-81(70,71)77-51-58(48-72-59(64)42-34-26-20-18-23-31-39-53(5)6)79-62(67)45-37-29-17-13-14-22-30-38-52(3)4/h52-58,63H,9-51H2,1-8H3,(H,68,69)(H,70,71)/t54?,55?,56-,57+,58+/m0/s1. The van der Waals surface area contributed by atoms with Crippen molar-refractivity contribution in [1.29, 1.82) is 0 Å². The Hall–Kier alpha value is -1.94. The number of unbranched alkanes of at least 4 members (excludes halogenated alkanes) is 23. The van der Waals surface area contributed by atoms with Gasteiger partial charge in [0.1, 0.15) is 19.3 Å². The van der Waals surface area contributed by atoms with Crippen molar-refractivity contribution >= 4 is 39.5 Å². The van der Waals surface area contributed by atoms with E-state index >= 15 is 0 Å². The molecule has 0 aliphatic carbocycles. The van der Waals surface area contributed by atoms with Crippen LogP contribution in [0, 0.1) is 23.7 Å². The summed E-state index contributed by atoms with van der Waals surface area (Å²) in [7, 11) is -9.89. The zero-order chi connectivity index (χ0) is 60.4. The van der Waals surface area contributed by atoms with Crippen LogP contribution in [0.1, 0.15) is 293 Å². The van der Waals surface area contributed by atoms with E-state index in [0.29, 0.717) is 37.5 Å². The molecule has 0 aliphatic rings. The first kappa shape index (κ1) is 79.1. The van der Waals surface area contributed by atoms with Crippen LogP contribution in [0.4, 0.5) is 0 Å². The third-order valence-electron chi connectivity index (χ3n) is 14.8. The Morgan fingerprint density at radius 3 is 0.877 bits per heavy atom. The van der Waals surface area contributed by atoms with Crippen molar-refractivity contribution in [2.45, 2.75) is 311 Å². The van der Waals surface area contributed by atoms with E-state index in [1.807, 2.05) is 0 Å². The first-order valence-corrected chi connectivity index (χ1v) is 35.3. The molecule has 480 valence electrons. The molecular formula is C62H120O17P2. The molecule has 0 saturated heterocycles. The van der Waals surface area contributed by atoms with Gasteiger partial charge in [-0.2, -0.15) is 0 Å². The quantitative estimate of drug-likeness (QED) is 0.0222. The van der Waals surface area contributed by atoms with Crippen molar-refractivity contribution in [2.75, 3.05) is 39.6 Å². The molecule has 0 heterocycles. The Labute approximate surface area is 492 Å². The zero-order valence-electron chi connectivity index (χ0n) is 52.4. The van der Waals surface area contributed by atoms with Crippen LogP contribution in [0.15, 0.2) is 0 Å². The first-order valence-electron chi connectivity index (χ1n) is 32.3. The topological polar surface area (TPSA) is 237 Å². The van der Waals surface area contributed by atoms with Gasteiger partial charge in [-0.1, -0.05) is 242 Å². The Balaban J connectivity index is 5.26. The number of rotatable bonds is 59. The second-order valence-electron chi connectivity index (χ2n) is 23.9. The summed E-state index contributed by atoms with van der Waals surface area (Å²) in [6.07, 6.45) is 30.9. The fraction of sp³-hybridized carbons (Fsp3) is 0.935. The van der Waals surface area contributed by atoms with Gasteiger partial charge in [0.05, 0.1) is 26.4 Å². The van der Waals surface area contributed by atoms with Gasteiger partial charge in [-0.25, -0.2) is 9.13 Å². The lowest BCUT2D eigenvalue weighted by atomic mass is 9.99. The molecule has 0 amide bonds. The van der Waals surface area contributed by atoms with Crippen LogP contribution in [0.3, 0.4) is 0 Å². The smallest absolute Gasteiger partial charge is 0.462 e. The molecule has 0 aliphatic heterocycles. The summed E-state index contributed by atoms with van der Waals surface area (Å²) in [6, 6.07) is 0.